The predicted molar refractivity (Wildman–Crippen MR) is 107 cm³/mol. The van der Waals surface area contributed by atoms with Crippen LogP contribution < -0.4 is 5.32 Å². The summed E-state index contributed by atoms with van der Waals surface area (Å²) in [6.07, 6.45) is 8.30. The molecule has 2 aliphatic rings. The maximum absolute atomic E-state index is 11.6. The van der Waals surface area contributed by atoms with Gasteiger partial charge in [0.05, 0.1) is 10.6 Å². The van der Waals surface area contributed by atoms with E-state index < -0.39 is 9.84 Å². The van der Waals surface area contributed by atoms with Gasteiger partial charge in [-0.3, -0.25) is 9.88 Å². The smallest absolute Gasteiger partial charge is 0.175 e. The van der Waals surface area contributed by atoms with Crippen LogP contribution in [0, 0.1) is 0 Å². The van der Waals surface area contributed by atoms with Crippen molar-refractivity contribution in [2.75, 3.05) is 19.3 Å². The first-order valence-corrected chi connectivity index (χ1v) is 11.6. The number of benzene rings is 1. The van der Waals surface area contributed by atoms with E-state index in [-0.39, 0.29) is 0 Å². The lowest BCUT2D eigenvalue weighted by Gasteiger charge is -2.34. The first-order valence-electron chi connectivity index (χ1n) is 9.72. The fourth-order valence-corrected chi connectivity index (χ4v) is 4.50. The maximum atomic E-state index is 11.6. The minimum atomic E-state index is -3.17. The third-order valence-electron chi connectivity index (χ3n) is 5.56. The molecule has 2 heterocycles. The van der Waals surface area contributed by atoms with Crippen molar-refractivity contribution in [2.24, 2.45) is 0 Å². The number of sulfone groups is 1. The molecule has 0 spiro atoms. The molecule has 1 aliphatic carbocycles. The van der Waals surface area contributed by atoms with E-state index in [0.29, 0.717) is 10.9 Å². The van der Waals surface area contributed by atoms with Crippen LogP contribution in [-0.2, 0) is 16.4 Å². The summed E-state index contributed by atoms with van der Waals surface area (Å²) >= 11 is 0. The summed E-state index contributed by atoms with van der Waals surface area (Å²) in [5.74, 6) is 0. The Hall–Kier alpha value is -1.76. The second-order valence-corrected chi connectivity index (χ2v) is 9.75. The third-order valence-corrected chi connectivity index (χ3v) is 6.69. The van der Waals surface area contributed by atoms with Crippen molar-refractivity contribution < 1.29 is 8.42 Å². The number of rotatable bonds is 6. The Kier molecular flexibility index (Phi) is 5.30. The number of aromatic nitrogens is 1. The zero-order valence-corrected chi connectivity index (χ0v) is 16.6. The van der Waals surface area contributed by atoms with Crippen LogP contribution in [0.4, 0.5) is 0 Å². The number of pyridine rings is 1. The van der Waals surface area contributed by atoms with E-state index in [1.54, 1.807) is 12.1 Å². The standard InChI is InChI=1S/C21H27N3O2S/c1-27(25,26)20-7-3-17(4-8-20)21-9-2-16(14-23-21)15-24(18-5-6-18)19-10-12-22-13-11-19/h2-4,7-9,14,18-19,22H,5-6,10-13,15H2,1H3. The summed E-state index contributed by atoms with van der Waals surface area (Å²) in [7, 11) is -3.17. The SMILES string of the molecule is CS(=O)(=O)c1ccc(-c2ccc(CN(C3CCNCC3)C3CC3)cn2)cc1. The molecule has 0 bridgehead atoms. The largest absolute Gasteiger partial charge is 0.317 e. The van der Waals surface area contributed by atoms with Crippen molar-refractivity contribution in [3.05, 3.63) is 48.2 Å². The van der Waals surface area contributed by atoms with Crippen LogP contribution in [0.1, 0.15) is 31.2 Å². The van der Waals surface area contributed by atoms with Crippen molar-refractivity contribution in [1.82, 2.24) is 15.2 Å². The quantitative estimate of drug-likeness (QED) is 0.828. The first-order chi connectivity index (χ1) is 13.0. The molecule has 6 heteroatoms. The highest BCUT2D eigenvalue weighted by molar-refractivity contribution is 7.90. The van der Waals surface area contributed by atoms with Crippen molar-refractivity contribution in [2.45, 2.75) is 49.2 Å². The molecule has 4 rings (SSSR count). The fraction of sp³-hybridized carbons (Fsp3) is 0.476. The summed E-state index contributed by atoms with van der Waals surface area (Å²) < 4.78 is 23.2. The minimum absolute atomic E-state index is 0.338. The molecule has 1 N–H and O–H groups in total. The van der Waals surface area contributed by atoms with Gasteiger partial charge in [-0.25, -0.2) is 8.42 Å². The summed E-state index contributed by atoms with van der Waals surface area (Å²) in [4.78, 5) is 7.65. The average Bonchev–Trinajstić information content (AvgIpc) is 3.52. The Morgan fingerprint density at radius 3 is 2.22 bits per heavy atom. The molecule has 0 radical (unpaired) electrons. The molecule has 2 aromatic rings. The molecule has 144 valence electrons. The van der Waals surface area contributed by atoms with Crippen LogP contribution in [0.3, 0.4) is 0 Å². The molecular weight excluding hydrogens is 358 g/mol. The zero-order chi connectivity index (χ0) is 18.9. The summed E-state index contributed by atoms with van der Waals surface area (Å²) in [5.41, 5.74) is 3.06. The molecular formula is C21H27N3O2S. The molecule has 1 aromatic carbocycles. The molecule has 2 fully saturated rings. The van der Waals surface area contributed by atoms with Gasteiger partial charge in [0.1, 0.15) is 0 Å². The van der Waals surface area contributed by atoms with Crippen LogP contribution in [0.25, 0.3) is 11.3 Å². The average molecular weight is 386 g/mol. The number of nitrogens with one attached hydrogen (secondary N) is 1. The first kappa shape index (κ1) is 18.6. The van der Waals surface area contributed by atoms with E-state index in [2.05, 4.69) is 21.3 Å². The predicted octanol–water partition coefficient (Wildman–Crippen LogP) is 2.87. The maximum Gasteiger partial charge on any atom is 0.175 e. The molecule has 5 nitrogen and oxygen atoms in total. The Labute approximate surface area is 161 Å². The molecule has 0 amide bonds. The van der Waals surface area contributed by atoms with Gasteiger partial charge in [0.25, 0.3) is 0 Å². The highest BCUT2D eigenvalue weighted by atomic mass is 32.2. The van der Waals surface area contributed by atoms with Gasteiger partial charge in [0.2, 0.25) is 0 Å². The van der Waals surface area contributed by atoms with E-state index in [0.717, 1.165) is 36.9 Å². The zero-order valence-electron chi connectivity index (χ0n) is 15.8. The second kappa shape index (κ2) is 7.70. The molecule has 27 heavy (non-hydrogen) atoms. The number of piperidine rings is 1. The normalized spacial score (nSPS) is 18.7. The molecule has 0 atom stereocenters. The van der Waals surface area contributed by atoms with Gasteiger partial charge in [0, 0.05) is 36.6 Å². The lowest BCUT2D eigenvalue weighted by molar-refractivity contribution is 0.144. The molecule has 1 saturated carbocycles. The summed E-state index contributed by atoms with van der Waals surface area (Å²) in [6, 6.07) is 12.6. The highest BCUT2D eigenvalue weighted by Crippen LogP contribution is 2.32. The Balaban J connectivity index is 1.46. The van der Waals surface area contributed by atoms with E-state index in [1.807, 2.05) is 24.4 Å². The monoisotopic (exact) mass is 385 g/mol. The lowest BCUT2D eigenvalue weighted by Crippen LogP contribution is -2.43. The van der Waals surface area contributed by atoms with Crippen LogP contribution in [-0.4, -0.2) is 49.7 Å². The second-order valence-electron chi connectivity index (χ2n) is 7.73. The van der Waals surface area contributed by atoms with Gasteiger partial charge in [-0.1, -0.05) is 18.2 Å². The van der Waals surface area contributed by atoms with Gasteiger partial charge in [-0.2, -0.15) is 0 Å². The Bertz CT molecular complexity index is 869. The fourth-order valence-electron chi connectivity index (χ4n) is 3.87. The Morgan fingerprint density at radius 2 is 1.67 bits per heavy atom. The van der Waals surface area contributed by atoms with E-state index in [9.17, 15) is 8.42 Å². The highest BCUT2D eigenvalue weighted by Gasteiger charge is 2.34. The van der Waals surface area contributed by atoms with E-state index in [1.165, 1.54) is 37.5 Å². The molecule has 0 unspecified atom stereocenters. The summed E-state index contributed by atoms with van der Waals surface area (Å²) in [6.45, 7) is 3.21. The number of nitrogens with zero attached hydrogens (tertiary/aromatic N) is 2. The van der Waals surface area contributed by atoms with Crippen LogP contribution in [0.2, 0.25) is 0 Å². The molecule has 1 aromatic heterocycles. The minimum Gasteiger partial charge on any atom is -0.317 e. The van der Waals surface area contributed by atoms with Crippen molar-refractivity contribution in [3.63, 3.8) is 0 Å². The van der Waals surface area contributed by atoms with Gasteiger partial charge >= 0.3 is 0 Å². The van der Waals surface area contributed by atoms with Crippen LogP contribution >= 0.6 is 0 Å². The number of hydrogen-bond acceptors (Lipinski definition) is 5. The van der Waals surface area contributed by atoms with Crippen molar-refractivity contribution in [3.8, 4) is 11.3 Å². The Morgan fingerprint density at radius 1 is 1.00 bits per heavy atom. The van der Waals surface area contributed by atoms with E-state index in [4.69, 9.17) is 0 Å². The van der Waals surface area contributed by atoms with E-state index >= 15 is 0 Å². The number of hydrogen-bond donors (Lipinski definition) is 1. The molecule has 1 aliphatic heterocycles. The van der Waals surface area contributed by atoms with Crippen molar-refractivity contribution in [1.29, 1.82) is 0 Å². The third kappa shape index (κ3) is 4.57. The van der Waals surface area contributed by atoms with Crippen LogP contribution in [0.15, 0.2) is 47.5 Å². The van der Waals surface area contributed by atoms with Crippen LogP contribution in [0.5, 0.6) is 0 Å². The lowest BCUT2D eigenvalue weighted by atomic mass is 10.0. The summed E-state index contributed by atoms with van der Waals surface area (Å²) in [5, 5.41) is 3.45. The van der Waals surface area contributed by atoms with Gasteiger partial charge < -0.3 is 5.32 Å². The van der Waals surface area contributed by atoms with Gasteiger partial charge in [-0.15, -0.1) is 0 Å². The molecule has 1 saturated heterocycles. The van der Waals surface area contributed by atoms with Gasteiger partial charge in [0.15, 0.2) is 9.84 Å². The topological polar surface area (TPSA) is 62.3 Å². The van der Waals surface area contributed by atoms with Crippen molar-refractivity contribution >= 4 is 9.84 Å². The van der Waals surface area contributed by atoms with Gasteiger partial charge in [-0.05, 0) is 62.5 Å².